The molecule has 1 N–H and O–H groups in total. The first-order valence-corrected chi connectivity index (χ1v) is 11.8. The van der Waals surface area contributed by atoms with Gasteiger partial charge >= 0.3 is 0 Å². The molecule has 4 bridgehead atoms. The second-order valence-corrected chi connectivity index (χ2v) is 8.89. The van der Waals surface area contributed by atoms with Crippen LogP contribution < -0.4 is 10.1 Å². The molecule has 0 saturated heterocycles. The molecule has 6 heteroatoms. The van der Waals surface area contributed by atoms with E-state index >= 15 is 0 Å². The summed E-state index contributed by atoms with van der Waals surface area (Å²) in [7, 11) is 0. The van der Waals surface area contributed by atoms with Gasteiger partial charge in [-0.05, 0) is 48.1 Å². The highest BCUT2D eigenvalue weighted by Gasteiger charge is 2.18. The fraction of sp³-hybridized carbons (Fsp3) is 0.462. The molecule has 6 nitrogen and oxygen atoms in total. The van der Waals surface area contributed by atoms with E-state index in [0.29, 0.717) is 44.5 Å². The number of hydrogen-bond acceptors (Lipinski definition) is 4. The lowest BCUT2D eigenvalue weighted by atomic mass is 9.89. The van der Waals surface area contributed by atoms with Crippen molar-refractivity contribution in [1.29, 1.82) is 0 Å². The van der Waals surface area contributed by atoms with Crippen LogP contribution in [0.1, 0.15) is 40.0 Å². The van der Waals surface area contributed by atoms with Gasteiger partial charge in [-0.25, -0.2) is 4.52 Å². The first-order chi connectivity index (χ1) is 15.5. The van der Waals surface area contributed by atoms with Crippen LogP contribution in [0.4, 0.5) is 5.69 Å². The number of benzene rings is 1. The highest BCUT2D eigenvalue weighted by molar-refractivity contribution is 5.82. The number of hydrogen-bond donors (Lipinski definition) is 1. The van der Waals surface area contributed by atoms with Crippen molar-refractivity contribution in [1.82, 2.24) is 14.5 Å². The summed E-state index contributed by atoms with van der Waals surface area (Å²) in [5.74, 6) is 2.21. The lowest BCUT2D eigenvalue weighted by Gasteiger charge is -2.25. The summed E-state index contributed by atoms with van der Waals surface area (Å²) < 4.78 is 7.92. The molecule has 1 aliphatic heterocycles. The van der Waals surface area contributed by atoms with Gasteiger partial charge in [-0.3, -0.25) is 4.79 Å². The van der Waals surface area contributed by atoms with Gasteiger partial charge in [-0.1, -0.05) is 39.3 Å². The van der Waals surface area contributed by atoms with Gasteiger partial charge < -0.3 is 15.0 Å². The van der Waals surface area contributed by atoms with Crippen molar-refractivity contribution >= 4 is 17.1 Å². The highest BCUT2D eigenvalue weighted by Crippen LogP contribution is 2.29. The van der Waals surface area contributed by atoms with Crippen molar-refractivity contribution in [3.05, 3.63) is 48.8 Å². The second kappa shape index (κ2) is 10.1. The van der Waals surface area contributed by atoms with E-state index in [1.54, 1.807) is 0 Å². The molecule has 0 spiro atoms. The number of nitrogens with one attached hydrogen (secondary N) is 1. The molecule has 1 amide bonds. The minimum absolute atomic E-state index is 0.208. The summed E-state index contributed by atoms with van der Waals surface area (Å²) in [4.78, 5) is 15.0. The molecule has 0 fully saturated rings. The highest BCUT2D eigenvalue weighted by atomic mass is 16.5. The molecule has 4 rings (SSSR count). The predicted molar refractivity (Wildman–Crippen MR) is 129 cm³/mol. The van der Waals surface area contributed by atoms with Crippen molar-refractivity contribution in [2.75, 3.05) is 31.6 Å². The molecule has 32 heavy (non-hydrogen) atoms. The summed E-state index contributed by atoms with van der Waals surface area (Å²) in [6, 6.07) is 12.2. The minimum atomic E-state index is 0.208. The molecule has 1 aliphatic rings. The zero-order valence-electron chi connectivity index (χ0n) is 19.4. The van der Waals surface area contributed by atoms with Crippen molar-refractivity contribution in [3.8, 4) is 16.9 Å². The number of carbonyl (C=O) groups is 1. The minimum Gasteiger partial charge on any atom is -0.492 e. The summed E-state index contributed by atoms with van der Waals surface area (Å²) in [5.41, 5.74) is 4.21. The Morgan fingerprint density at radius 2 is 2.06 bits per heavy atom. The van der Waals surface area contributed by atoms with E-state index in [9.17, 15) is 4.79 Å². The Labute approximate surface area is 190 Å². The quantitative estimate of drug-likeness (QED) is 0.607. The van der Waals surface area contributed by atoms with Crippen LogP contribution in [-0.4, -0.2) is 46.7 Å². The van der Waals surface area contributed by atoms with E-state index < -0.39 is 0 Å². The third-order valence-corrected chi connectivity index (χ3v) is 6.79. The van der Waals surface area contributed by atoms with E-state index in [2.05, 4.69) is 43.3 Å². The molecule has 0 aliphatic carbocycles. The molecule has 170 valence electrons. The number of ether oxygens (including phenoxy) is 1. The Bertz CT molecular complexity index is 1060. The van der Waals surface area contributed by atoms with Crippen LogP contribution in [-0.2, 0) is 4.79 Å². The number of aromatic nitrogens is 2. The lowest BCUT2D eigenvalue weighted by Crippen LogP contribution is -2.38. The molecule has 3 heterocycles. The lowest BCUT2D eigenvalue weighted by molar-refractivity contribution is -0.131. The topological polar surface area (TPSA) is 58.9 Å². The van der Waals surface area contributed by atoms with Gasteiger partial charge in [-0.15, -0.1) is 0 Å². The molecule has 1 aromatic carbocycles. The largest absolute Gasteiger partial charge is 0.492 e. The van der Waals surface area contributed by atoms with E-state index in [0.717, 1.165) is 40.9 Å². The Morgan fingerprint density at radius 3 is 2.91 bits per heavy atom. The Balaban J connectivity index is 1.53. The number of anilines is 1. The van der Waals surface area contributed by atoms with Crippen molar-refractivity contribution in [2.24, 2.45) is 11.8 Å². The standard InChI is InChI=1S/C26H34N4O2/c1-4-19(2)20(3)8-9-26(31)29-13-11-27-22-10-12-30-25(17-22)24(18-28-30)21-6-5-7-23(16-21)32-15-14-29/h5-7,10,12,16-20,27H,4,8-9,11,13-15H2,1-3H3. The molecular weight excluding hydrogens is 400 g/mol. The van der Waals surface area contributed by atoms with E-state index in [4.69, 9.17) is 4.74 Å². The van der Waals surface area contributed by atoms with E-state index in [-0.39, 0.29) is 5.91 Å². The smallest absolute Gasteiger partial charge is 0.222 e. The van der Waals surface area contributed by atoms with Crippen molar-refractivity contribution < 1.29 is 9.53 Å². The summed E-state index contributed by atoms with van der Waals surface area (Å²) in [6.07, 6.45) is 6.53. The fourth-order valence-electron chi connectivity index (χ4n) is 4.23. The summed E-state index contributed by atoms with van der Waals surface area (Å²) in [6.45, 7) is 9.14. The van der Waals surface area contributed by atoms with Crippen molar-refractivity contribution in [2.45, 2.75) is 40.0 Å². The molecule has 2 atom stereocenters. The second-order valence-electron chi connectivity index (χ2n) is 8.89. The predicted octanol–water partition coefficient (Wildman–Crippen LogP) is 5.10. The number of rotatable bonds is 5. The van der Waals surface area contributed by atoms with Crippen LogP contribution in [0.25, 0.3) is 16.6 Å². The van der Waals surface area contributed by atoms with Crippen LogP contribution in [0.5, 0.6) is 5.75 Å². The van der Waals surface area contributed by atoms with E-state index in [1.165, 1.54) is 0 Å². The van der Waals surface area contributed by atoms with Gasteiger partial charge in [-0.2, -0.15) is 5.10 Å². The normalized spacial score (nSPS) is 16.2. The first-order valence-electron chi connectivity index (χ1n) is 11.8. The molecular formula is C26H34N4O2. The molecule has 0 saturated carbocycles. The Morgan fingerprint density at radius 1 is 1.19 bits per heavy atom. The maximum atomic E-state index is 13.0. The SMILES string of the molecule is CCC(C)C(C)CCC(=O)N1CCNc2ccn3ncc(c3c2)-c2cccc(c2)OCC1. The average Bonchev–Trinajstić information content (AvgIpc) is 3.24. The van der Waals surface area contributed by atoms with Crippen LogP contribution in [0.15, 0.2) is 48.8 Å². The number of nitrogens with zero attached hydrogens (tertiary/aromatic N) is 3. The van der Waals surface area contributed by atoms with E-state index in [1.807, 2.05) is 46.1 Å². The number of amides is 1. The van der Waals surface area contributed by atoms with Crippen LogP contribution in [0, 0.1) is 11.8 Å². The average molecular weight is 435 g/mol. The zero-order chi connectivity index (χ0) is 22.5. The number of pyridine rings is 1. The molecule has 2 aromatic heterocycles. The van der Waals surface area contributed by atoms with Crippen LogP contribution >= 0.6 is 0 Å². The Kier molecular flexibility index (Phi) is 6.98. The maximum absolute atomic E-state index is 13.0. The van der Waals surface area contributed by atoms with Gasteiger partial charge in [0.25, 0.3) is 0 Å². The summed E-state index contributed by atoms with van der Waals surface area (Å²) in [5, 5.41) is 7.97. The van der Waals surface area contributed by atoms with Gasteiger partial charge in [0.1, 0.15) is 12.4 Å². The van der Waals surface area contributed by atoms with Crippen molar-refractivity contribution in [3.63, 3.8) is 0 Å². The Hall–Kier alpha value is -3.02. The maximum Gasteiger partial charge on any atom is 0.222 e. The first kappa shape index (κ1) is 22.2. The van der Waals surface area contributed by atoms with Gasteiger partial charge in [0.2, 0.25) is 5.91 Å². The number of fused-ring (bicyclic) bond motifs is 4. The molecule has 3 aromatic rings. The molecule has 0 radical (unpaired) electrons. The van der Waals surface area contributed by atoms with Gasteiger partial charge in [0.05, 0.1) is 18.3 Å². The zero-order valence-corrected chi connectivity index (χ0v) is 19.4. The third kappa shape index (κ3) is 5.06. The van der Waals surface area contributed by atoms with Gasteiger partial charge in [0, 0.05) is 37.0 Å². The third-order valence-electron chi connectivity index (χ3n) is 6.79. The van der Waals surface area contributed by atoms with Crippen LogP contribution in [0.2, 0.25) is 0 Å². The van der Waals surface area contributed by atoms with Crippen LogP contribution in [0.3, 0.4) is 0 Å². The molecule has 2 unspecified atom stereocenters. The number of carbonyl (C=O) groups excluding carboxylic acids is 1. The monoisotopic (exact) mass is 434 g/mol. The fourth-order valence-corrected chi connectivity index (χ4v) is 4.23. The van der Waals surface area contributed by atoms with Gasteiger partial charge in [0.15, 0.2) is 0 Å². The summed E-state index contributed by atoms with van der Waals surface area (Å²) >= 11 is 0.